The number of aryl methyl sites for hydroxylation is 1. The average Bonchev–Trinajstić information content (AvgIpc) is 3.41. The molecule has 2 aromatic rings. The molecule has 28 heavy (non-hydrogen) atoms. The molecular formula is C22H27FN2O2S. The highest BCUT2D eigenvalue weighted by Crippen LogP contribution is 2.30. The van der Waals surface area contributed by atoms with Crippen molar-refractivity contribution >= 4 is 23.2 Å². The first-order chi connectivity index (χ1) is 13.4. The molecule has 150 valence electrons. The maximum Gasteiger partial charge on any atom is 0.242 e. The lowest BCUT2D eigenvalue weighted by atomic mass is 10.2. The molecule has 0 saturated heterocycles. The van der Waals surface area contributed by atoms with Crippen LogP contribution in [0.4, 0.5) is 4.39 Å². The molecule has 0 unspecified atom stereocenters. The summed E-state index contributed by atoms with van der Waals surface area (Å²) in [5, 5.41) is 0. The van der Waals surface area contributed by atoms with Crippen LogP contribution in [0, 0.1) is 18.7 Å². The van der Waals surface area contributed by atoms with Gasteiger partial charge in [0.05, 0.1) is 13.1 Å². The van der Waals surface area contributed by atoms with Crippen molar-refractivity contribution < 1.29 is 14.0 Å². The van der Waals surface area contributed by atoms with Crippen molar-refractivity contribution in [2.24, 2.45) is 5.92 Å². The van der Waals surface area contributed by atoms with Crippen LogP contribution in [0.2, 0.25) is 0 Å². The molecule has 1 aromatic carbocycles. The molecule has 1 heterocycles. The summed E-state index contributed by atoms with van der Waals surface area (Å²) in [5.74, 6) is 0.195. The molecule has 0 radical (unpaired) electrons. The molecule has 0 bridgehead atoms. The van der Waals surface area contributed by atoms with Crippen molar-refractivity contribution in [3.8, 4) is 0 Å². The SMILES string of the molecule is CCC(=O)N(CC(=O)N(Cc1ccc(F)cc1)Cc1ccc(C)s1)CC1CC1. The van der Waals surface area contributed by atoms with Gasteiger partial charge in [-0.15, -0.1) is 11.3 Å². The second-order valence-electron chi connectivity index (χ2n) is 7.46. The van der Waals surface area contributed by atoms with Gasteiger partial charge in [0.1, 0.15) is 5.82 Å². The fourth-order valence-corrected chi connectivity index (χ4v) is 4.06. The Morgan fingerprint density at radius 1 is 1.04 bits per heavy atom. The number of halogens is 1. The molecule has 2 amide bonds. The minimum absolute atomic E-state index is 0.0222. The first kappa shape index (κ1) is 20.5. The van der Waals surface area contributed by atoms with Gasteiger partial charge in [-0.05, 0) is 55.5 Å². The highest BCUT2D eigenvalue weighted by Gasteiger charge is 2.28. The number of nitrogens with zero attached hydrogens (tertiary/aromatic N) is 2. The fraction of sp³-hybridized carbons (Fsp3) is 0.455. The van der Waals surface area contributed by atoms with E-state index in [1.807, 2.05) is 26.0 Å². The van der Waals surface area contributed by atoms with Crippen LogP contribution in [0.15, 0.2) is 36.4 Å². The first-order valence-electron chi connectivity index (χ1n) is 9.80. The molecule has 0 aliphatic heterocycles. The summed E-state index contributed by atoms with van der Waals surface area (Å²) in [4.78, 5) is 31.2. The number of hydrogen-bond acceptors (Lipinski definition) is 3. The van der Waals surface area contributed by atoms with Gasteiger partial charge in [0.2, 0.25) is 11.8 Å². The maximum atomic E-state index is 13.2. The van der Waals surface area contributed by atoms with Crippen molar-refractivity contribution in [1.29, 1.82) is 0 Å². The van der Waals surface area contributed by atoms with Crippen molar-refractivity contribution in [2.75, 3.05) is 13.1 Å². The number of carbonyl (C=O) groups is 2. The molecule has 3 rings (SSSR count). The van der Waals surface area contributed by atoms with Crippen LogP contribution < -0.4 is 0 Å². The van der Waals surface area contributed by atoms with E-state index in [0.29, 0.717) is 32.0 Å². The normalized spacial score (nSPS) is 13.4. The van der Waals surface area contributed by atoms with Crippen LogP contribution in [0.25, 0.3) is 0 Å². The zero-order valence-corrected chi connectivity index (χ0v) is 17.3. The van der Waals surface area contributed by atoms with Gasteiger partial charge in [-0.1, -0.05) is 19.1 Å². The molecule has 0 atom stereocenters. The standard InChI is InChI=1S/C22H27FN2O2S/c1-3-21(26)25(13-17-5-6-17)15-22(27)24(14-20-11-4-16(2)28-20)12-18-7-9-19(23)10-8-18/h4,7-11,17H,3,5-6,12-15H2,1-2H3. The van der Waals surface area contributed by atoms with Gasteiger partial charge >= 0.3 is 0 Å². The topological polar surface area (TPSA) is 40.6 Å². The Balaban J connectivity index is 1.74. The molecule has 0 spiro atoms. The van der Waals surface area contributed by atoms with Crippen molar-refractivity contribution in [1.82, 2.24) is 9.80 Å². The summed E-state index contributed by atoms with van der Waals surface area (Å²) in [6, 6.07) is 10.3. The van der Waals surface area contributed by atoms with Gasteiger partial charge in [0.25, 0.3) is 0 Å². The molecule has 1 saturated carbocycles. The quantitative estimate of drug-likeness (QED) is 0.625. The van der Waals surface area contributed by atoms with E-state index in [2.05, 4.69) is 0 Å². The Kier molecular flexibility index (Phi) is 6.83. The Morgan fingerprint density at radius 2 is 1.75 bits per heavy atom. The number of thiophene rings is 1. The molecule has 1 fully saturated rings. The smallest absolute Gasteiger partial charge is 0.242 e. The van der Waals surface area contributed by atoms with Gasteiger partial charge in [-0.3, -0.25) is 9.59 Å². The fourth-order valence-electron chi connectivity index (χ4n) is 3.15. The highest BCUT2D eigenvalue weighted by atomic mass is 32.1. The minimum atomic E-state index is -0.292. The van der Waals surface area contributed by atoms with Crippen LogP contribution in [-0.2, 0) is 22.7 Å². The number of hydrogen-bond donors (Lipinski definition) is 0. The molecule has 4 nitrogen and oxygen atoms in total. The first-order valence-corrected chi connectivity index (χ1v) is 10.6. The highest BCUT2D eigenvalue weighted by molar-refractivity contribution is 7.11. The summed E-state index contributed by atoms with van der Waals surface area (Å²) < 4.78 is 13.2. The Labute approximate surface area is 170 Å². The number of carbonyl (C=O) groups excluding carboxylic acids is 2. The van der Waals surface area contributed by atoms with Gasteiger partial charge < -0.3 is 9.80 Å². The van der Waals surface area contributed by atoms with E-state index in [-0.39, 0.29) is 24.2 Å². The zero-order valence-electron chi connectivity index (χ0n) is 16.5. The molecule has 1 aromatic heterocycles. The molecule has 6 heteroatoms. The summed E-state index contributed by atoms with van der Waals surface area (Å²) in [6.07, 6.45) is 2.67. The van der Waals surface area contributed by atoms with E-state index in [0.717, 1.165) is 23.3 Å². The van der Waals surface area contributed by atoms with Crippen molar-refractivity contribution in [2.45, 2.75) is 46.2 Å². The summed E-state index contributed by atoms with van der Waals surface area (Å²) in [6.45, 7) is 5.53. The van der Waals surface area contributed by atoms with Crippen LogP contribution in [0.5, 0.6) is 0 Å². The summed E-state index contributed by atoms with van der Waals surface area (Å²) >= 11 is 1.66. The van der Waals surface area contributed by atoms with E-state index >= 15 is 0 Å². The second kappa shape index (κ2) is 9.32. The van der Waals surface area contributed by atoms with Crippen LogP contribution in [-0.4, -0.2) is 34.7 Å². The predicted octanol–water partition coefficient (Wildman–Crippen LogP) is 4.37. The van der Waals surface area contributed by atoms with Crippen LogP contribution in [0.3, 0.4) is 0 Å². The number of benzene rings is 1. The minimum Gasteiger partial charge on any atom is -0.333 e. The summed E-state index contributed by atoms with van der Waals surface area (Å²) in [5.41, 5.74) is 0.874. The van der Waals surface area contributed by atoms with E-state index < -0.39 is 0 Å². The Bertz CT molecular complexity index is 814. The number of rotatable bonds is 9. The largest absolute Gasteiger partial charge is 0.333 e. The monoisotopic (exact) mass is 402 g/mol. The van der Waals surface area contributed by atoms with Crippen LogP contribution >= 0.6 is 11.3 Å². The van der Waals surface area contributed by atoms with Crippen molar-refractivity contribution in [3.63, 3.8) is 0 Å². The van der Waals surface area contributed by atoms with Crippen LogP contribution in [0.1, 0.15) is 41.5 Å². The average molecular weight is 403 g/mol. The van der Waals surface area contributed by atoms with E-state index in [1.165, 1.54) is 17.0 Å². The van der Waals surface area contributed by atoms with Gasteiger partial charge in [0.15, 0.2) is 0 Å². The van der Waals surface area contributed by atoms with Gasteiger partial charge in [-0.2, -0.15) is 0 Å². The van der Waals surface area contributed by atoms with E-state index in [9.17, 15) is 14.0 Å². The molecule has 1 aliphatic carbocycles. The molecular weight excluding hydrogens is 375 g/mol. The third-order valence-corrected chi connectivity index (χ3v) is 5.92. The number of amides is 2. The molecule has 1 aliphatic rings. The van der Waals surface area contributed by atoms with Crippen molar-refractivity contribution in [3.05, 3.63) is 57.5 Å². The Hall–Kier alpha value is -2.21. The second-order valence-corrected chi connectivity index (χ2v) is 8.83. The van der Waals surface area contributed by atoms with Gasteiger partial charge in [-0.25, -0.2) is 4.39 Å². The van der Waals surface area contributed by atoms with E-state index in [1.54, 1.807) is 33.3 Å². The third kappa shape index (κ3) is 5.89. The summed E-state index contributed by atoms with van der Waals surface area (Å²) in [7, 11) is 0. The lowest BCUT2D eigenvalue weighted by Gasteiger charge is -2.27. The molecule has 0 N–H and O–H groups in total. The predicted molar refractivity (Wildman–Crippen MR) is 109 cm³/mol. The van der Waals surface area contributed by atoms with Gasteiger partial charge in [0, 0.05) is 29.3 Å². The Morgan fingerprint density at radius 3 is 2.32 bits per heavy atom. The van der Waals surface area contributed by atoms with E-state index in [4.69, 9.17) is 0 Å². The lowest BCUT2D eigenvalue weighted by Crippen LogP contribution is -2.43. The third-order valence-electron chi connectivity index (χ3n) is 4.94. The maximum absolute atomic E-state index is 13.2. The lowest BCUT2D eigenvalue weighted by molar-refractivity contribution is -0.141. The zero-order chi connectivity index (χ0) is 20.1.